The van der Waals surface area contributed by atoms with Gasteiger partial charge in [0.2, 0.25) is 21.8 Å². The van der Waals surface area contributed by atoms with E-state index in [0.29, 0.717) is 30.2 Å². The number of nitrogens with one attached hydrogen (secondary N) is 1. The Hall–Kier alpha value is -2.27. The molecule has 0 unspecified atom stereocenters. The fraction of sp³-hybridized carbons (Fsp3) is 0.565. The summed E-state index contributed by atoms with van der Waals surface area (Å²) in [4.78, 5) is 12.3. The maximum Gasteiger partial charge on any atom is 0.416 e. The van der Waals surface area contributed by atoms with Crippen LogP contribution in [0.2, 0.25) is 5.02 Å². The van der Waals surface area contributed by atoms with Crippen molar-refractivity contribution in [3.63, 3.8) is 0 Å². The molecule has 1 aromatic carbocycles. The molecule has 0 saturated carbocycles. The first kappa shape index (κ1) is 29.0. The maximum atomic E-state index is 12.9. The molecule has 1 N–H and O–H groups in total. The number of benzene rings is 1. The minimum Gasteiger partial charge on any atom is -0.477 e. The zero-order valence-electron chi connectivity index (χ0n) is 19.8. The van der Waals surface area contributed by atoms with Crippen LogP contribution in [0.15, 0.2) is 24.3 Å². The van der Waals surface area contributed by atoms with E-state index in [1.54, 1.807) is 6.07 Å². The average molecular weight is 538 g/mol. The number of halogens is 4. The van der Waals surface area contributed by atoms with Crippen molar-refractivity contribution in [2.45, 2.75) is 71.5 Å². The van der Waals surface area contributed by atoms with Crippen molar-refractivity contribution in [1.29, 1.82) is 0 Å². The molecule has 0 fully saturated rings. The lowest BCUT2D eigenvalue weighted by atomic mass is 10.1. The van der Waals surface area contributed by atoms with E-state index < -0.39 is 27.7 Å². The molecular formula is C23H31ClF3N3O4S. The summed E-state index contributed by atoms with van der Waals surface area (Å²) in [7, 11) is -3.70. The van der Waals surface area contributed by atoms with Crippen LogP contribution in [0.25, 0.3) is 0 Å². The molecular weight excluding hydrogens is 507 g/mol. The molecule has 0 radical (unpaired) electrons. The number of ether oxygens (including phenoxy) is 1. The minimum atomic E-state index is -4.51. The van der Waals surface area contributed by atoms with Gasteiger partial charge < -0.3 is 4.74 Å². The lowest BCUT2D eigenvalue weighted by molar-refractivity contribution is -0.137. The lowest BCUT2D eigenvalue weighted by Gasteiger charge is -2.12. The largest absolute Gasteiger partial charge is 0.477 e. The van der Waals surface area contributed by atoms with Gasteiger partial charge in [-0.15, -0.1) is 5.10 Å². The molecule has 1 amide bonds. The normalized spacial score (nSPS) is 12.1. The number of alkyl halides is 3. The first-order valence-electron chi connectivity index (χ1n) is 11.5. The molecule has 35 heavy (non-hydrogen) atoms. The zero-order chi connectivity index (χ0) is 26.1. The van der Waals surface area contributed by atoms with E-state index in [1.165, 1.54) is 10.7 Å². The molecule has 2 rings (SSSR count). The molecule has 0 aliphatic rings. The van der Waals surface area contributed by atoms with Crippen LogP contribution < -0.4 is 9.46 Å². The number of nitrogens with zero attached hydrogens (tertiary/aromatic N) is 2. The quantitative estimate of drug-likeness (QED) is 0.328. The van der Waals surface area contributed by atoms with E-state index in [-0.39, 0.29) is 30.2 Å². The molecule has 1 aromatic heterocycles. The van der Waals surface area contributed by atoms with Crippen LogP contribution in [0.3, 0.4) is 0 Å². The number of hydrogen-bond donors (Lipinski definition) is 1. The van der Waals surface area contributed by atoms with Crippen molar-refractivity contribution < 1.29 is 31.1 Å². The highest BCUT2D eigenvalue weighted by Crippen LogP contribution is 2.32. The summed E-state index contributed by atoms with van der Waals surface area (Å²) in [5.41, 5.74) is 0.116. The predicted octanol–water partition coefficient (Wildman–Crippen LogP) is 5.35. The fourth-order valence-corrected chi connectivity index (χ4v) is 4.61. The highest BCUT2D eigenvalue weighted by atomic mass is 35.5. The number of carbonyl (C=O) groups excluding carboxylic acids is 1. The van der Waals surface area contributed by atoms with E-state index in [0.717, 1.165) is 37.8 Å². The van der Waals surface area contributed by atoms with E-state index in [9.17, 15) is 26.4 Å². The zero-order valence-corrected chi connectivity index (χ0v) is 21.4. The third-order valence-electron chi connectivity index (χ3n) is 5.18. The smallest absolute Gasteiger partial charge is 0.416 e. The number of carbonyl (C=O) groups is 1. The van der Waals surface area contributed by atoms with Crippen LogP contribution in [-0.4, -0.2) is 36.5 Å². The molecule has 0 atom stereocenters. The Bertz CT molecular complexity index is 1090. The molecule has 7 nitrogen and oxygen atoms in total. The van der Waals surface area contributed by atoms with Crippen LogP contribution in [0.4, 0.5) is 13.2 Å². The SMILES string of the molecule is CCCCCS(=O)(=O)NC(=O)CCc1cc(OCCCC)nn1Cc1ccc(C(F)(F)F)cc1Cl. The van der Waals surface area contributed by atoms with Gasteiger partial charge in [-0.25, -0.2) is 8.42 Å². The van der Waals surface area contributed by atoms with Gasteiger partial charge in [-0.3, -0.25) is 14.2 Å². The molecule has 2 aromatic rings. The summed E-state index contributed by atoms with van der Waals surface area (Å²) < 4.78 is 72.2. The number of unbranched alkanes of at least 4 members (excludes halogenated alkanes) is 3. The molecule has 12 heteroatoms. The summed E-state index contributed by atoms with van der Waals surface area (Å²) in [6, 6.07) is 4.72. The Morgan fingerprint density at radius 2 is 1.86 bits per heavy atom. The maximum absolute atomic E-state index is 12.9. The summed E-state index contributed by atoms with van der Waals surface area (Å²) in [5, 5.41) is 4.29. The van der Waals surface area contributed by atoms with Gasteiger partial charge in [0.15, 0.2) is 0 Å². The van der Waals surface area contributed by atoms with E-state index in [1.807, 2.05) is 13.8 Å². The highest BCUT2D eigenvalue weighted by Gasteiger charge is 2.31. The van der Waals surface area contributed by atoms with Crippen molar-refractivity contribution >= 4 is 27.5 Å². The van der Waals surface area contributed by atoms with Gasteiger partial charge in [-0.1, -0.05) is 50.8 Å². The van der Waals surface area contributed by atoms with Gasteiger partial charge >= 0.3 is 6.18 Å². The van der Waals surface area contributed by atoms with Gasteiger partial charge in [-0.2, -0.15) is 13.2 Å². The van der Waals surface area contributed by atoms with Crippen LogP contribution >= 0.6 is 11.6 Å². The van der Waals surface area contributed by atoms with Gasteiger partial charge in [0.1, 0.15) is 0 Å². The number of amides is 1. The molecule has 0 saturated heterocycles. The Kier molecular flexibility index (Phi) is 10.9. The highest BCUT2D eigenvalue weighted by molar-refractivity contribution is 7.90. The van der Waals surface area contributed by atoms with Gasteiger partial charge in [0.25, 0.3) is 0 Å². The number of aryl methyl sites for hydroxylation is 1. The summed E-state index contributed by atoms with van der Waals surface area (Å²) >= 11 is 6.10. The van der Waals surface area contributed by atoms with Crippen molar-refractivity contribution in [3.05, 3.63) is 46.1 Å². The Morgan fingerprint density at radius 1 is 1.14 bits per heavy atom. The Balaban J connectivity index is 2.14. The van der Waals surface area contributed by atoms with Gasteiger partial charge in [0.05, 0.1) is 24.5 Å². The third-order valence-corrected chi connectivity index (χ3v) is 6.90. The summed E-state index contributed by atoms with van der Waals surface area (Å²) in [6.45, 7) is 4.45. The summed E-state index contributed by atoms with van der Waals surface area (Å²) in [6.07, 6.45) is -0.665. The van der Waals surface area contributed by atoms with Crippen molar-refractivity contribution in [3.8, 4) is 5.88 Å². The number of hydrogen-bond acceptors (Lipinski definition) is 5. The first-order valence-corrected chi connectivity index (χ1v) is 13.6. The van der Waals surface area contributed by atoms with Gasteiger partial charge in [0, 0.05) is 23.2 Å². The topological polar surface area (TPSA) is 90.3 Å². The number of aromatic nitrogens is 2. The van der Waals surface area contributed by atoms with Crippen molar-refractivity contribution in [2.75, 3.05) is 12.4 Å². The van der Waals surface area contributed by atoms with Crippen molar-refractivity contribution in [1.82, 2.24) is 14.5 Å². The molecule has 0 aliphatic carbocycles. The molecule has 0 spiro atoms. The number of sulfonamides is 1. The van der Waals surface area contributed by atoms with Crippen LogP contribution in [-0.2, 0) is 34.0 Å². The third kappa shape index (κ3) is 9.71. The fourth-order valence-electron chi connectivity index (χ4n) is 3.23. The van der Waals surface area contributed by atoms with Crippen LogP contribution in [0.5, 0.6) is 5.88 Å². The Labute approximate surface area is 209 Å². The van der Waals surface area contributed by atoms with Crippen molar-refractivity contribution in [2.24, 2.45) is 0 Å². The lowest BCUT2D eigenvalue weighted by Crippen LogP contribution is -2.32. The van der Waals surface area contributed by atoms with Crippen LogP contribution in [0, 0.1) is 0 Å². The van der Waals surface area contributed by atoms with Gasteiger partial charge in [-0.05, 0) is 37.0 Å². The molecule has 196 valence electrons. The second kappa shape index (κ2) is 13.2. The van der Waals surface area contributed by atoms with E-state index in [4.69, 9.17) is 16.3 Å². The Morgan fingerprint density at radius 3 is 2.49 bits per heavy atom. The molecule has 0 aliphatic heterocycles. The summed E-state index contributed by atoms with van der Waals surface area (Å²) in [5.74, 6) is -0.453. The van der Waals surface area contributed by atoms with Crippen LogP contribution in [0.1, 0.15) is 69.2 Å². The molecule has 1 heterocycles. The number of rotatable bonds is 14. The second-order valence-corrected chi connectivity index (χ2v) is 10.4. The average Bonchev–Trinajstić information content (AvgIpc) is 3.14. The predicted molar refractivity (Wildman–Crippen MR) is 128 cm³/mol. The molecule has 0 bridgehead atoms. The standard InChI is InChI=1S/C23H31ClF3N3O4S/c1-3-5-7-13-35(32,33)29-21(31)11-10-19-15-22(34-12-6-4-2)28-30(19)16-17-8-9-18(14-20(17)24)23(25,26)27/h8-9,14-15H,3-7,10-13,16H2,1-2H3,(H,29,31). The first-order chi connectivity index (χ1) is 16.4. The van der Waals surface area contributed by atoms with E-state index >= 15 is 0 Å². The minimum absolute atomic E-state index is 0.0559. The monoisotopic (exact) mass is 537 g/mol. The second-order valence-electron chi connectivity index (χ2n) is 8.19. The van der Waals surface area contributed by atoms with E-state index in [2.05, 4.69) is 9.82 Å².